The van der Waals surface area contributed by atoms with Gasteiger partial charge in [0.1, 0.15) is 0 Å². The Labute approximate surface area is 105 Å². The van der Waals surface area contributed by atoms with Crippen molar-refractivity contribution in [3.05, 3.63) is 23.1 Å². The van der Waals surface area contributed by atoms with E-state index in [0.717, 1.165) is 19.6 Å². The summed E-state index contributed by atoms with van der Waals surface area (Å²) in [6, 6.07) is 2.18. The van der Waals surface area contributed by atoms with Crippen molar-refractivity contribution in [2.24, 2.45) is 0 Å². The van der Waals surface area contributed by atoms with Crippen LogP contribution in [0.3, 0.4) is 0 Å². The summed E-state index contributed by atoms with van der Waals surface area (Å²) in [5.74, 6) is -0.00435. The second-order valence-electron chi connectivity index (χ2n) is 4.69. The molecular weight excluding hydrogens is 240 g/mol. The normalized spacial score (nSPS) is 25.0. The average molecular weight is 255 g/mol. The minimum Gasteiger partial charge on any atom is -0.452 e. The van der Waals surface area contributed by atoms with E-state index in [1.807, 2.05) is 4.90 Å². The molecule has 2 saturated heterocycles. The van der Waals surface area contributed by atoms with Crippen LogP contribution in [0.5, 0.6) is 0 Å². The van der Waals surface area contributed by atoms with E-state index in [2.05, 4.69) is 4.90 Å². The van der Waals surface area contributed by atoms with Gasteiger partial charge in [0, 0.05) is 25.7 Å². The highest BCUT2D eigenvalue weighted by molar-refractivity contribution is 6.32. The van der Waals surface area contributed by atoms with Crippen LogP contribution in [-0.2, 0) is 0 Å². The highest BCUT2D eigenvalue weighted by atomic mass is 35.5. The summed E-state index contributed by atoms with van der Waals surface area (Å²) in [6.45, 7) is 3.77. The average Bonchev–Trinajstić information content (AvgIpc) is 2.95. The van der Waals surface area contributed by atoms with Crippen molar-refractivity contribution in [3.8, 4) is 0 Å². The lowest BCUT2D eigenvalue weighted by atomic mass is 10.1. The third-order valence-corrected chi connectivity index (χ3v) is 4.02. The van der Waals surface area contributed by atoms with E-state index in [1.165, 1.54) is 25.6 Å². The first-order valence-corrected chi connectivity index (χ1v) is 6.40. The highest BCUT2D eigenvalue weighted by Gasteiger charge is 2.33. The Kier molecular flexibility index (Phi) is 2.84. The zero-order chi connectivity index (χ0) is 11.8. The van der Waals surface area contributed by atoms with Crippen LogP contribution in [0.1, 0.15) is 23.2 Å². The topological polar surface area (TPSA) is 36.7 Å². The van der Waals surface area contributed by atoms with E-state index < -0.39 is 0 Å². The molecule has 1 aromatic heterocycles. The number of carbonyl (C=O) groups excluding carboxylic acids is 1. The van der Waals surface area contributed by atoms with Crippen LogP contribution in [0.2, 0.25) is 5.22 Å². The van der Waals surface area contributed by atoms with Gasteiger partial charge in [-0.2, -0.15) is 0 Å². The van der Waals surface area contributed by atoms with Crippen molar-refractivity contribution in [3.63, 3.8) is 0 Å². The first-order chi connectivity index (χ1) is 8.25. The van der Waals surface area contributed by atoms with Gasteiger partial charge < -0.3 is 9.32 Å². The first-order valence-electron chi connectivity index (χ1n) is 6.02. The molecule has 0 saturated carbocycles. The molecule has 3 rings (SSSR count). The van der Waals surface area contributed by atoms with Crippen LogP contribution >= 0.6 is 11.6 Å². The lowest BCUT2D eigenvalue weighted by molar-refractivity contribution is 0.0571. The van der Waals surface area contributed by atoms with E-state index in [4.69, 9.17) is 16.0 Å². The van der Waals surface area contributed by atoms with Gasteiger partial charge in [0.25, 0.3) is 5.91 Å². The number of nitrogens with zero attached hydrogens (tertiary/aromatic N) is 2. The molecule has 3 heterocycles. The third-order valence-electron chi connectivity index (χ3n) is 3.72. The molecule has 2 aliphatic rings. The fraction of sp³-hybridized carbons (Fsp3) is 0.583. The van der Waals surface area contributed by atoms with Gasteiger partial charge in [0.2, 0.25) is 5.22 Å². The van der Waals surface area contributed by atoms with E-state index >= 15 is 0 Å². The van der Waals surface area contributed by atoms with Gasteiger partial charge in [-0.05, 0) is 37.1 Å². The Balaban J connectivity index is 1.73. The fourth-order valence-electron chi connectivity index (χ4n) is 2.79. The number of hydrogen-bond donors (Lipinski definition) is 0. The number of hydrogen-bond acceptors (Lipinski definition) is 3. The Hall–Kier alpha value is -1.00. The quantitative estimate of drug-likeness (QED) is 0.768. The second-order valence-corrected chi connectivity index (χ2v) is 5.03. The van der Waals surface area contributed by atoms with Crippen molar-refractivity contribution >= 4 is 17.5 Å². The van der Waals surface area contributed by atoms with Crippen LogP contribution in [0.25, 0.3) is 0 Å². The number of furan rings is 1. The molecule has 2 fully saturated rings. The summed E-state index contributed by atoms with van der Waals surface area (Å²) in [4.78, 5) is 16.6. The van der Waals surface area contributed by atoms with Crippen molar-refractivity contribution in [2.45, 2.75) is 18.9 Å². The second kappa shape index (κ2) is 4.35. The predicted molar refractivity (Wildman–Crippen MR) is 64.2 cm³/mol. The minimum atomic E-state index is -0.00435. The molecule has 1 amide bonds. The molecular formula is C12H15ClN2O2. The summed E-state index contributed by atoms with van der Waals surface area (Å²) < 4.78 is 4.97. The molecule has 92 valence electrons. The van der Waals surface area contributed by atoms with Crippen LogP contribution in [0, 0.1) is 0 Å². The molecule has 0 aliphatic carbocycles. The van der Waals surface area contributed by atoms with Gasteiger partial charge in [0.05, 0.1) is 11.8 Å². The smallest absolute Gasteiger partial charge is 0.258 e. The van der Waals surface area contributed by atoms with E-state index in [1.54, 1.807) is 6.07 Å². The molecule has 0 aromatic carbocycles. The molecule has 1 aromatic rings. The summed E-state index contributed by atoms with van der Waals surface area (Å²) in [5.41, 5.74) is 0.484. The van der Waals surface area contributed by atoms with Gasteiger partial charge in [-0.15, -0.1) is 0 Å². The number of rotatable bonds is 1. The maximum atomic E-state index is 12.2. The summed E-state index contributed by atoms with van der Waals surface area (Å²) in [7, 11) is 0. The standard InChI is InChI=1S/C12H15ClN2O2/c13-11-10(3-7-17-11)12(16)15-6-5-14-4-1-2-9(14)8-15/h3,7,9H,1-2,4-6,8H2. The zero-order valence-electron chi connectivity index (χ0n) is 9.56. The van der Waals surface area contributed by atoms with Crippen LogP contribution in [-0.4, -0.2) is 47.9 Å². The largest absolute Gasteiger partial charge is 0.452 e. The number of amides is 1. The molecule has 1 atom stereocenters. The van der Waals surface area contributed by atoms with E-state index in [9.17, 15) is 4.79 Å². The van der Waals surface area contributed by atoms with Crippen LogP contribution < -0.4 is 0 Å². The molecule has 1 unspecified atom stereocenters. The molecule has 0 N–H and O–H groups in total. The highest BCUT2D eigenvalue weighted by Crippen LogP contribution is 2.24. The monoisotopic (exact) mass is 254 g/mol. The van der Waals surface area contributed by atoms with Gasteiger partial charge in [-0.3, -0.25) is 9.69 Å². The number of halogens is 1. The molecule has 0 bridgehead atoms. The maximum Gasteiger partial charge on any atom is 0.258 e. The number of carbonyl (C=O) groups is 1. The Morgan fingerprint density at radius 1 is 1.41 bits per heavy atom. The molecule has 5 heteroatoms. The molecule has 0 radical (unpaired) electrons. The molecule has 2 aliphatic heterocycles. The van der Waals surface area contributed by atoms with E-state index in [-0.39, 0.29) is 11.1 Å². The van der Waals surface area contributed by atoms with E-state index in [0.29, 0.717) is 11.6 Å². The van der Waals surface area contributed by atoms with Crippen LogP contribution in [0.15, 0.2) is 16.7 Å². The van der Waals surface area contributed by atoms with Crippen molar-refractivity contribution in [1.82, 2.24) is 9.80 Å². The summed E-state index contributed by atoms with van der Waals surface area (Å²) in [6.07, 6.45) is 3.91. The number of piperazine rings is 1. The zero-order valence-corrected chi connectivity index (χ0v) is 10.3. The molecule has 0 spiro atoms. The Morgan fingerprint density at radius 3 is 3.06 bits per heavy atom. The Morgan fingerprint density at radius 2 is 2.29 bits per heavy atom. The van der Waals surface area contributed by atoms with Gasteiger partial charge in [-0.25, -0.2) is 0 Å². The lowest BCUT2D eigenvalue weighted by Crippen LogP contribution is -2.52. The fourth-order valence-corrected chi connectivity index (χ4v) is 2.99. The number of fused-ring (bicyclic) bond motifs is 1. The first kappa shape index (κ1) is 11.1. The van der Waals surface area contributed by atoms with Gasteiger partial charge in [-0.1, -0.05) is 0 Å². The summed E-state index contributed by atoms with van der Waals surface area (Å²) in [5, 5.41) is 0.198. The SMILES string of the molecule is O=C(c1ccoc1Cl)N1CCN2CCCC2C1. The van der Waals surface area contributed by atoms with Gasteiger partial charge in [0.15, 0.2) is 0 Å². The predicted octanol–water partition coefficient (Wildman–Crippen LogP) is 1.85. The third kappa shape index (κ3) is 1.96. The van der Waals surface area contributed by atoms with Crippen molar-refractivity contribution in [1.29, 1.82) is 0 Å². The van der Waals surface area contributed by atoms with Crippen molar-refractivity contribution in [2.75, 3.05) is 26.2 Å². The van der Waals surface area contributed by atoms with Crippen molar-refractivity contribution < 1.29 is 9.21 Å². The van der Waals surface area contributed by atoms with Crippen LogP contribution in [0.4, 0.5) is 0 Å². The van der Waals surface area contributed by atoms with Gasteiger partial charge >= 0.3 is 0 Å². The molecule has 17 heavy (non-hydrogen) atoms. The molecule has 4 nitrogen and oxygen atoms in total. The minimum absolute atomic E-state index is 0.00435. The lowest BCUT2D eigenvalue weighted by Gasteiger charge is -2.37. The maximum absolute atomic E-state index is 12.2. The Bertz CT molecular complexity index is 432. The summed E-state index contributed by atoms with van der Waals surface area (Å²) >= 11 is 5.84.